The molecule has 1 spiro atoms. The summed E-state index contributed by atoms with van der Waals surface area (Å²) in [6, 6.07) is 11.9. The van der Waals surface area contributed by atoms with Crippen molar-refractivity contribution in [1.29, 1.82) is 0 Å². The SMILES string of the molecule is C=S1(=O)NC(=O)c2ccc3c(c2)N(C[C@@H]2CC[C@H]2[C@@H](OC)/C=C/CC[C@H]1C)C[C@@]1(CCCc2cc(Cl)ccc21)CO3. The number of hydrogen-bond donors (Lipinski definition) is 1. The number of rotatable bonds is 1. The second kappa shape index (κ2) is 11.3. The number of nitrogens with one attached hydrogen (secondary N) is 1. The van der Waals surface area contributed by atoms with Crippen molar-refractivity contribution >= 4 is 38.8 Å². The fourth-order valence-corrected chi connectivity index (χ4v) is 8.60. The van der Waals surface area contributed by atoms with Crippen molar-refractivity contribution < 1.29 is 18.5 Å². The van der Waals surface area contributed by atoms with Crippen LogP contribution in [0.2, 0.25) is 5.02 Å². The Morgan fingerprint density at radius 2 is 2.05 bits per heavy atom. The Balaban J connectivity index is 1.43. The van der Waals surface area contributed by atoms with Crippen molar-refractivity contribution in [3.63, 3.8) is 0 Å². The molecule has 0 aromatic heterocycles. The van der Waals surface area contributed by atoms with Crippen LogP contribution in [0.1, 0.15) is 66.9 Å². The van der Waals surface area contributed by atoms with E-state index in [4.69, 9.17) is 21.1 Å². The van der Waals surface area contributed by atoms with Crippen molar-refractivity contribution in [2.45, 2.75) is 68.6 Å². The molecule has 2 aromatic carbocycles. The Hall–Kier alpha value is -2.48. The first kappa shape index (κ1) is 28.6. The minimum absolute atomic E-state index is 0.0429. The van der Waals surface area contributed by atoms with Crippen LogP contribution in [-0.4, -0.2) is 54.1 Å². The van der Waals surface area contributed by atoms with Gasteiger partial charge >= 0.3 is 0 Å². The molecule has 41 heavy (non-hydrogen) atoms. The predicted octanol–water partition coefficient (Wildman–Crippen LogP) is 5.95. The van der Waals surface area contributed by atoms with E-state index >= 15 is 0 Å². The molecule has 1 saturated carbocycles. The van der Waals surface area contributed by atoms with Gasteiger partial charge in [-0.25, -0.2) is 4.21 Å². The fourth-order valence-electron chi connectivity index (χ4n) is 7.26. The van der Waals surface area contributed by atoms with E-state index in [1.165, 1.54) is 11.1 Å². The summed E-state index contributed by atoms with van der Waals surface area (Å²) in [5.74, 6) is 5.23. The first-order chi connectivity index (χ1) is 19.7. The highest BCUT2D eigenvalue weighted by molar-refractivity contribution is 7.99. The van der Waals surface area contributed by atoms with Gasteiger partial charge in [-0.1, -0.05) is 29.8 Å². The molecular weight excluding hydrogens is 556 g/mol. The second-order valence-electron chi connectivity index (χ2n) is 12.5. The normalized spacial score (nSPS) is 34.3. The van der Waals surface area contributed by atoms with Crippen LogP contribution in [0.3, 0.4) is 0 Å². The molecule has 1 N–H and O–H groups in total. The number of halogens is 1. The van der Waals surface area contributed by atoms with Crippen molar-refractivity contribution in [2.24, 2.45) is 11.8 Å². The number of allylic oxidation sites excluding steroid dienone is 1. The number of benzene rings is 2. The molecule has 1 amide bonds. The van der Waals surface area contributed by atoms with E-state index in [1.54, 1.807) is 13.2 Å². The van der Waals surface area contributed by atoms with Gasteiger partial charge in [-0.15, -0.1) is 0 Å². The maximum absolute atomic E-state index is 13.4. The lowest BCUT2D eigenvalue weighted by Crippen LogP contribution is -2.49. The lowest BCUT2D eigenvalue weighted by molar-refractivity contribution is 0.0132. The summed E-state index contributed by atoms with van der Waals surface area (Å²) >= 11 is 6.41. The summed E-state index contributed by atoms with van der Waals surface area (Å²) in [7, 11) is -1.04. The highest BCUT2D eigenvalue weighted by atomic mass is 35.5. The van der Waals surface area contributed by atoms with Gasteiger partial charge in [-0.2, -0.15) is 0 Å². The van der Waals surface area contributed by atoms with E-state index in [0.717, 1.165) is 68.1 Å². The smallest absolute Gasteiger partial charge is 0.262 e. The lowest BCUT2D eigenvalue weighted by atomic mass is 9.68. The molecule has 0 saturated heterocycles. The molecule has 1 fully saturated rings. The van der Waals surface area contributed by atoms with Crippen LogP contribution in [0.15, 0.2) is 48.6 Å². The number of amides is 1. The monoisotopic (exact) mass is 596 g/mol. The molecule has 2 aliphatic heterocycles. The van der Waals surface area contributed by atoms with Gasteiger partial charge in [0.2, 0.25) is 0 Å². The Labute approximate surface area is 249 Å². The topological polar surface area (TPSA) is 67.9 Å². The van der Waals surface area contributed by atoms with Gasteiger partial charge in [-0.05, 0) is 111 Å². The van der Waals surface area contributed by atoms with Crippen molar-refractivity contribution in [3.05, 3.63) is 70.3 Å². The van der Waals surface area contributed by atoms with E-state index in [-0.39, 0.29) is 22.7 Å². The lowest BCUT2D eigenvalue weighted by Gasteiger charge is -2.46. The average Bonchev–Trinajstić information content (AvgIpc) is 3.08. The molecule has 2 bridgehead atoms. The molecule has 8 heteroatoms. The number of hydrogen-bond acceptors (Lipinski definition) is 5. The van der Waals surface area contributed by atoms with Crippen LogP contribution >= 0.6 is 11.6 Å². The molecular formula is C33H41ClN2O4S. The van der Waals surface area contributed by atoms with Crippen LogP contribution in [0.4, 0.5) is 5.69 Å². The Bertz CT molecular complexity index is 1460. The third-order valence-electron chi connectivity index (χ3n) is 9.91. The Morgan fingerprint density at radius 1 is 1.20 bits per heavy atom. The third-order valence-corrected chi connectivity index (χ3v) is 12.2. The van der Waals surface area contributed by atoms with E-state index < -0.39 is 9.71 Å². The van der Waals surface area contributed by atoms with Crippen LogP contribution in [-0.2, 0) is 26.3 Å². The van der Waals surface area contributed by atoms with E-state index in [0.29, 0.717) is 30.4 Å². The van der Waals surface area contributed by atoms with Crippen LogP contribution in [0.5, 0.6) is 5.75 Å². The summed E-state index contributed by atoms with van der Waals surface area (Å²) in [6.45, 7) is 4.11. The second-order valence-corrected chi connectivity index (χ2v) is 15.4. The highest BCUT2D eigenvalue weighted by Gasteiger charge is 2.44. The Morgan fingerprint density at radius 3 is 2.83 bits per heavy atom. The number of methoxy groups -OCH3 is 1. The number of nitrogens with zero attached hydrogens (tertiary/aromatic N) is 1. The first-order valence-corrected chi connectivity index (χ1v) is 17.0. The van der Waals surface area contributed by atoms with E-state index in [1.807, 2.05) is 25.1 Å². The van der Waals surface area contributed by atoms with Crippen molar-refractivity contribution in [3.8, 4) is 5.75 Å². The largest absolute Gasteiger partial charge is 0.490 e. The van der Waals surface area contributed by atoms with Gasteiger partial charge < -0.3 is 14.4 Å². The van der Waals surface area contributed by atoms with Gasteiger partial charge in [0.25, 0.3) is 5.91 Å². The van der Waals surface area contributed by atoms with Gasteiger partial charge in [0.05, 0.1) is 28.1 Å². The fraction of sp³-hybridized carbons (Fsp3) is 0.515. The minimum Gasteiger partial charge on any atom is -0.490 e. The highest BCUT2D eigenvalue weighted by Crippen LogP contribution is 2.47. The average molecular weight is 597 g/mol. The standard InChI is InChI=1S/C33H41ClN2O4S/c1-22-7-4-5-9-30(39-2)27-13-10-25(27)19-36-20-33(16-6-8-23-17-26(34)12-14-28(23)33)21-40-31-15-11-24(18-29(31)36)32(37)35-41(22,3)38/h5,9,11-12,14-15,17-18,22,25,27,30H,3-4,6-8,10,13,16,19-21H2,1-2H3,(H,35,37,38)/b9-5+/t22-,25+,27-,30+,33+,41?/m1/s1. The number of carbonyl (C=O) groups excluding carboxylic acids is 1. The molecule has 6 rings (SSSR count). The third kappa shape index (κ3) is 5.53. The number of aryl methyl sites for hydroxylation is 1. The molecule has 0 radical (unpaired) electrons. The summed E-state index contributed by atoms with van der Waals surface area (Å²) in [4.78, 5) is 15.9. The molecule has 220 valence electrons. The summed E-state index contributed by atoms with van der Waals surface area (Å²) < 4.78 is 28.8. The van der Waals surface area contributed by atoms with Crippen molar-refractivity contribution in [2.75, 3.05) is 31.7 Å². The van der Waals surface area contributed by atoms with Crippen molar-refractivity contribution in [1.82, 2.24) is 4.72 Å². The summed E-state index contributed by atoms with van der Waals surface area (Å²) in [5.41, 5.74) is 3.83. The van der Waals surface area contributed by atoms with E-state index in [2.05, 4.69) is 39.8 Å². The maximum Gasteiger partial charge on any atom is 0.262 e. The molecule has 2 aliphatic carbocycles. The summed E-state index contributed by atoms with van der Waals surface area (Å²) in [6.07, 6.45) is 11.2. The zero-order valence-corrected chi connectivity index (χ0v) is 25.6. The molecule has 4 aliphatic rings. The van der Waals surface area contributed by atoms with Gasteiger partial charge in [0, 0.05) is 41.5 Å². The van der Waals surface area contributed by atoms with Crippen LogP contribution < -0.4 is 14.4 Å². The van der Waals surface area contributed by atoms with Gasteiger partial charge in [0.1, 0.15) is 5.75 Å². The number of ether oxygens (including phenoxy) is 2. The van der Waals surface area contributed by atoms with E-state index in [9.17, 15) is 9.00 Å². The zero-order chi connectivity index (χ0) is 28.8. The predicted molar refractivity (Wildman–Crippen MR) is 168 cm³/mol. The number of fused-ring (bicyclic) bond motifs is 4. The molecule has 2 aromatic rings. The molecule has 2 heterocycles. The molecule has 1 unspecified atom stereocenters. The summed E-state index contributed by atoms with van der Waals surface area (Å²) in [5, 5.41) is 0.508. The van der Waals surface area contributed by atoms with Gasteiger partial charge in [0.15, 0.2) is 0 Å². The molecule has 6 nitrogen and oxygen atoms in total. The first-order valence-electron chi connectivity index (χ1n) is 14.9. The minimum atomic E-state index is -2.84. The Kier molecular flexibility index (Phi) is 7.90. The molecule has 6 atom stereocenters. The van der Waals surface area contributed by atoms with Crippen LogP contribution in [0.25, 0.3) is 0 Å². The number of anilines is 1. The zero-order valence-electron chi connectivity index (χ0n) is 24.1. The van der Waals surface area contributed by atoms with Crippen LogP contribution in [0, 0.1) is 11.8 Å². The number of carbonyl (C=O) groups is 1. The quantitative estimate of drug-likeness (QED) is 0.325. The van der Waals surface area contributed by atoms with Gasteiger partial charge in [-0.3, -0.25) is 9.52 Å². The maximum atomic E-state index is 13.4.